The molecule has 1 atom stereocenters. The molecule has 1 aromatic carbocycles. The summed E-state index contributed by atoms with van der Waals surface area (Å²) in [7, 11) is 0. The molecule has 0 N–H and O–H groups in total. The summed E-state index contributed by atoms with van der Waals surface area (Å²) < 4.78 is 0. The topological polar surface area (TPSA) is 44.1 Å². The van der Waals surface area contributed by atoms with Crippen LogP contribution in [0.3, 0.4) is 0 Å². The monoisotopic (exact) mass is 242 g/mol. The van der Waals surface area contributed by atoms with Crippen LogP contribution < -0.4 is 0 Å². The molecule has 18 heavy (non-hydrogen) atoms. The highest BCUT2D eigenvalue weighted by Gasteiger charge is 2.26. The first-order valence-electron chi connectivity index (χ1n) is 6.54. The van der Waals surface area contributed by atoms with Gasteiger partial charge >= 0.3 is 0 Å². The first-order chi connectivity index (χ1) is 8.74. The molecule has 1 fully saturated rings. The Morgan fingerprint density at radius 1 is 1.44 bits per heavy atom. The molecule has 0 spiro atoms. The summed E-state index contributed by atoms with van der Waals surface area (Å²) in [4.78, 5) is 14.2. The van der Waals surface area contributed by atoms with E-state index < -0.39 is 0 Å². The highest BCUT2D eigenvalue weighted by molar-refractivity contribution is 5.94. The van der Waals surface area contributed by atoms with Crippen LogP contribution in [0.5, 0.6) is 0 Å². The van der Waals surface area contributed by atoms with Crippen LogP contribution in [0, 0.1) is 17.2 Å². The largest absolute Gasteiger partial charge is 0.338 e. The molecule has 0 aliphatic carbocycles. The second kappa shape index (κ2) is 5.68. The molecule has 1 saturated heterocycles. The van der Waals surface area contributed by atoms with E-state index in [0.717, 1.165) is 19.5 Å². The van der Waals surface area contributed by atoms with Gasteiger partial charge in [0.1, 0.15) is 0 Å². The zero-order valence-corrected chi connectivity index (χ0v) is 10.7. The lowest BCUT2D eigenvalue weighted by atomic mass is 10.0. The van der Waals surface area contributed by atoms with E-state index >= 15 is 0 Å². The number of amides is 1. The number of carbonyl (C=O) groups is 1. The van der Waals surface area contributed by atoms with E-state index in [-0.39, 0.29) is 5.91 Å². The molecule has 0 bridgehead atoms. The molecular weight excluding hydrogens is 224 g/mol. The van der Waals surface area contributed by atoms with Crippen molar-refractivity contribution in [2.24, 2.45) is 5.92 Å². The average molecular weight is 242 g/mol. The van der Waals surface area contributed by atoms with E-state index in [1.54, 1.807) is 24.3 Å². The average Bonchev–Trinajstić information content (AvgIpc) is 2.87. The van der Waals surface area contributed by atoms with E-state index in [4.69, 9.17) is 5.26 Å². The number of hydrogen-bond acceptors (Lipinski definition) is 2. The molecule has 2 rings (SSSR count). The summed E-state index contributed by atoms with van der Waals surface area (Å²) in [5, 5.41) is 8.73. The molecule has 1 unspecified atom stereocenters. The molecule has 0 radical (unpaired) electrons. The summed E-state index contributed by atoms with van der Waals surface area (Å²) >= 11 is 0. The molecular formula is C15H18N2O. The molecule has 1 heterocycles. The Morgan fingerprint density at radius 3 is 2.78 bits per heavy atom. The molecule has 0 saturated carbocycles. The second-order valence-electron chi connectivity index (χ2n) is 4.88. The molecule has 0 aromatic heterocycles. The van der Waals surface area contributed by atoms with Gasteiger partial charge in [0, 0.05) is 18.7 Å². The van der Waals surface area contributed by atoms with E-state index in [2.05, 4.69) is 13.0 Å². The fourth-order valence-corrected chi connectivity index (χ4v) is 2.53. The highest BCUT2D eigenvalue weighted by atomic mass is 16.2. The Balaban J connectivity index is 2.01. The lowest BCUT2D eigenvalue weighted by Gasteiger charge is -2.16. The normalized spacial score (nSPS) is 18.7. The van der Waals surface area contributed by atoms with Crippen LogP contribution in [-0.2, 0) is 0 Å². The van der Waals surface area contributed by atoms with Crippen molar-refractivity contribution in [3.05, 3.63) is 35.4 Å². The number of nitrogens with zero attached hydrogens (tertiary/aromatic N) is 2. The van der Waals surface area contributed by atoms with Crippen LogP contribution >= 0.6 is 0 Å². The molecule has 3 nitrogen and oxygen atoms in total. The molecule has 1 amide bonds. The summed E-state index contributed by atoms with van der Waals surface area (Å²) in [6.07, 6.45) is 3.51. The van der Waals surface area contributed by atoms with Gasteiger partial charge in [-0.25, -0.2) is 0 Å². The van der Waals surface area contributed by atoms with Gasteiger partial charge in [-0.05, 0) is 43.0 Å². The first-order valence-corrected chi connectivity index (χ1v) is 6.54. The van der Waals surface area contributed by atoms with Crippen molar-refractivity contribution in [2.45, 2.75) is 26.2 Å². The van der Waals surface area contributed by atoms with Gasteiger partial charge in [0.2, 0.25) is 0 Å². The van der Waals surface area contributed by atoms with E-state index in [1.165, 1.54) is 12.8 Å². The maximum atomic E-state index is 12.2. The summed E-state index contributed by atoms with van der Waals surface area (Å²) in [5.41, 5.74) is 1.28. The Bertz CT molecular complexity index is 458. The maximum absolute atomic E-state index is 12.2. The van der Waals surface area contributed by atoms with Gasteiger partial charge in [0.05, 0.1) is 11.6 Å². The summed E-state index contributed by atoms with van der Waals surface area (Å²) in [6.45, 7) is 3.93. The third-order valence-corrected chi connectivity index (χ3v) is 3.53. The first kappa shape index (κ1) is 12.6. The lowest BCUT2D eigenvalue weighted by Crippen LogP contribution is -2.28. The lowest BCUT2D eigenvalue weighted by molar-refractivity contribution is 0.0786. The van der Waals surface area contributed by atoms with Crippen molar-refractivity contribution < 1.29 is 4.79 Å². The minimum Gasteiger partial charge on any atom is -0.338 e. The Labute approximate surface area is 108 Å². The quantitative estimate of drug-likeness (QED) is 0.818. The zero-order chi connectivity index (χ0) is 13.0. The van der Waals surface area contributed by atoms with Crippen LogP contribution in [0.4, 0.5) is 0 Å². The number of benzene rings is 1. The summed E-state index contributed by atoms with van der Waals surface area (Å²) in [5.74, 6) is 0.760. The minimum absolute atomic E-state index is 0.0955. The predicted molar refractivity (Wildman–Crippen MR) is 70.1 cm³/mol. The smallest absolute Gasteiger partial charge is 0.253 e. The zero-order valence-electron chi connectivity index (χ0n) is 10.7. The number of likely N-dealkylation sites (tertiary alicyclic amines) is 1. The molecule has 94 valence electrons. The van der Waals surface area contributed by atoms with Gasteiger partial charge < -0.3 is 4.90 Å². The highest BCUT2D eigenvalue weighted by Crippen LogP contribution is 2.22. The van der Waals surface area contributed by atoms with Gasteiger partial charge in [-0.2, -0.15) is 5.26 Å². The van der Waals surface area contributed by atoms with Crippen LogP contribution in [-0.4, -0.2) is 23.9 Å². The van der Waals surface area contributed by atoms with Gasteiger partial charge in [0.15, 0.2) is 0 Å². The van der Waals surface area contributed by atoms with Crippen LogP contribution in [0.2, 0.25) is 0 Å². The van der Waals surface area contributed by atoms with Crippen LogP contribution in [0.15, 0.2) is 24.3 Å². The number of carbonyl (C=O) groups excluding carboxylic acids is 1. The van der Waals surface area contributed by atoms with Gasteiger partial charge in [-0.3, -0.25) is 4.79 Å². The molecule has 1 aromatic rings. The fourth-order valence-electron chi connectivity index (χ4n) is 2.53. The number of nitriles is 1. The predicted octanol–water partition coefficient (Wildman–Crippen LogP) is 2.82. The fraction of sp³-hybridized carbons (Fsp3) is 0.467. The van der Waals surface area contributed by atoms with Crippen molar-refractivity contribution >= 4 is 5.91 Å². The van der Waals surface area contributed by atoms with Gasteiger partial charge in [-0.1, -0.05) is 13.3 Å². The van der Waals surface area contributed by atoms with Gasteiger partial charge in [0.25, 0.3) is 5.91 Å². The van der Waals surface area contributed by atoms with E-state index in [9.17, 15) is 4.79 Å². The van der Waals surface area contributed by atoms with Crippen molar-refractivity contribution in [1.82, 2.24) is 4.90 Å². The second-order valence-corrected chi connectivity index (χ2v) is 4.88. The standard InChI is InChI=1S/C15H18N2O/c1-2-3-13-8-9-17(11-13)15(18)14-6-4-12(10-16)5-7-14/h4-7,13H,2-3,8-9,11H2,1H3. The van der Waals surface area contributed by atoms with Crippen LogP contribution in [0.1, 0.15) is 42.1 Å². The molecule has 1 aliphatic rings. The Morgan fingerprint density at radius 2 is 2.17 bits per heavy atom. The van der Waals surface area contributed by atoms with E-state index in [1.807, 2.05) is 4.90 Å². The SMILES string of the molecule is CCCC1CCN(C(=O)c2ccc(C#N)cc2)C1. The third kappa shape index (κ3) is 2.70. The van der Waals surface area contributed by atoms with Crippen molar-refractivity contribution in [3.8, 4) is 6.07 Å². The Kier molecular flexibility index (Phi) is 3.99. The van der Waals surface area contributed by atoms with Crippen LogP contribution in [0.25, 0.3) is 0 Å². The van der Waals surface area contributed by atoms with E-state index in [0.29, 0.717) is 17.0 Å². The Hall–Kier alpha value is -1.82. The molecule has 3 heteroatoms. The number of rotatable bonds is 3. The van der Waals surface area contributed by atoms with Crippen molar-refractivity contribution in [2.75, 3.05) is 13.1 Å². The number of hydrogen-bond donors (Lipinski definition) is 0. The maximum Gasteiger partial charge on any atom is 0.253 e. The van der Waals surface area contributed by atoms with Crippen molar-refractivity contribution in [3.63, 3.8) is 0 Å². The minimum atomic E-state index is 0.0955. The molecule has 1 aliphatic heterocycles. The third-order valence-electron chi connectivity index (χ3n) is 3.53. The summed E-state index contributed by atoms with van der Waals surface area (Å²) in [6, 6.07) is 8.95. The van der Waals surface area contributed by atoms with Gasteiger partial charge in [-0.15, -0.1) is 0 Å². The van der Waals surface area contributed by atoms with Crippen molar-refractivity contribution in [1.29, 1.82) is 5.26 Å².